The average molecular weight is 215 g/mol. The van der Waals surface area contributed by atoms with E-state index in [0.29, 0.717) is 0 Å². The zero-order valence-electron chi connectivity index (χ0n) is 5.04. The molecular weight excluding hydrogens is 213 g/mol. The molecule has 0 fully saturated rings. The highest BCUT2D eigenvalue weighted by molar-refractivity contribution is 6.48. The van der Waals surface area contributed by atoms with Crippen LogP contribution in [0.15, 0.2) is 6.07 Å². The van der Waals surface area contributed by atoms with Crippen LogP contribution in [-0.4, -0.2) is 5.11 Å². The third-order valence-electron chi connectivity index (χ3n) is 1.08. The normalized spacial score (nSPS) is 10.2. The van der Waals surface area contributed by atoms with Gasteiger partial charge in [0.15, 0.2) is 11.6 Å². The number of phenols is 1. The maximum atomic E-state index is 12.6. The predicted molar refractivity (Wildman–Crippen MR) is 43.1 cm³/mol. The summed E-state index contributed by atoms with van der Waals surface area (Å²) in [5.41, 5.74) is 0. The summed E-state index contributed by atoms with van der Waals surface area (Å²) in [6.07, 6.45) is 0. The molecule has 0 atom stereocenters. The van der Waals surface area contributed by atoms with Crippen LogP contribution in [0.5, 0.6) is 5.75 Å². The molecule has 0 unspecified atom stereocenters. The summed E-state index contributed by atoms with van der Waals surface area (Å²) < 4.78 is 12.6. The van der Waals surface area contributed by atoms with Gasteiger partial charge in [0.25, 0.3) is 0 Å². The lowest BCUT2D eigenvalue weighted by atomic mass is 10.3. The molecule has 0 aliphatic carbocycles. The van der Waals surface area contributed by atoms with E-state index in [4.69, 9.17) is 39.9 Å². The van der Waals surface area contributed by atoms with Gasteiger partial charge in [0.1, 0.15) is 5.02 Å². The topological polar surface area (TPSA) is 20.2 Å². The van der Waals surface area contributed by atoms with Crippen LogP contribution in [-0.2, 0) is 0 Å². The molecular formula is C6H2Cl3FO. The minimum Gasteiger partial charge on any atom is -0.505 e. The summed E-state index contributed by atoms with van der Waals surface area (Å²) in [5.74, 6) is -1.56. The van der Waals surface area contributed by atoms with Gasteiger partial charge in [-0.25, -0.2) is 4.39 Å². The van der Waals surface area contributed by atoms with Crippen molar-refractivity contribution in [3.8, 4) is 5.75 Å². The van der Waals surface area contributed by atoms with Gasteiger partial charge in [-0.2, -0.15) is 0 Å². The molecule has 0 aromatic heterocycles. The first-order valence-corrected chi connectivity index (χ1v) is 3.69. The Bertz CT molecular complexity index is 274. The number of halogens is 4. The first kappa shape index (κ1) is 8.91. The average Bonchev–Trinajstić information content (AvgIpc) is 1.97. The first-order chi connectivity index (χ1) is 5.04. The lowest BCUT2D eigenvalue weighted by Gasteiger charge is -2.01. The van der Waals surface area contributed by atoms with Gasteiger partial charge in [-0.15, -0.1) is 0 Å². The van der Waals surface area contributed by atoms with E-state index in [0.717, 1.165) is 6.07 Å². The minimum atomic E-state index is -0.957. The van der Waals surface area contributed by atoms with Crippen molar-refractivity contribution in [1.82, 2.24) is 0 Å². The first-order valence-electron chi connectivity index (χ1n) is 2.56. The second-order valence-corrected chi connectivity index (χ2v) is 2.98. The van der Waals surface area contributed by atoms with Crippen LogP contribution >= 0.6 is 34.8 Å². The Hall–Kier alpha value is -0.180. The van der Waals surface area contributed by atoms with E-state index in [-0.39, 0.29) is 15.1 Å². The summed E-state index contributed by atoms with van der Waals surface area (Å²) in [6, 6.07) is 0.991. The minimum absolute atomic E-state index is 0.0237. The number of phenolic OH excluding ortho intramolecular Hbond substituents is 1. The van der Waals surface area contributed by atoms with Crippen LogP contribution in [0, 0.1) is 5.82 Å². The van der Waals surface area contributed by atoms with Crippen molar-refractivity contribution in [3.05, 3.63) is 27.0 Å². The van der Waals surface area contributed by atoms with Gasteiger partial charge in [0.05, 0.1) is 10.0 Å². The monoisotopic (exact) mass is 214 g/mol. The number of aromatic hydroxyl groups is 1. The molecule has 0 saturated carbocycles. The van der Waals surface area contributed by atoms with Gasteiger partial charge in [0.2, 0.25) is 0 Å². The lowest BCUT2D eigenvalue weighted by molar-refractivity contribution is 0.432. The van der Waals surface area contributed by atoms with E-state index in [1.54, 1.807) is 0 Å². The molecule has 1 nitrogen and oxygen atoms in total. The van der Waals surface area contributed by atoms with Crippen molar-refractivity contribution >= 4 is 34.8 Å². The maximum absolute atomic E-state index is 12.6. The standard InChI is InChI=1S/C6H2Cl3FO/c7-2-1-3(11)6(10)5(9)4(2)8/h1,11H. The van der Waals surface area contributed by atoms with E-state index in [9.17, 15) is 4.39 Å². The largest absolute Gasteiger partial charge is 0.505 e. The SMILES string of the molecule is Oc1cc(Cl)c(Cl)c(Cl)c1F. The van der Waals surface area contributed by atoms with Gasteiger partial charge in [-0.05, 0) is 0 Å². The fraction of sp³-hybridized carbons (Fsp3) is 0. The smallest absolute Gasteiger partial charge is 0.184 e. The van der Waals surface area contributed by atoms with E-state index in [2.05, 4.69) is 0 Å². The van der Waals surface area contributed by atoms with E-state index >= 15 is 0 Å². The van der Waals surface area contributed by atoms with Crippen molar-refractivity contribution in [2.75, 3.05) is 0 Å². The summed E-state index contributed by atoms with van der Waals surface area (Å²) in [4.78, 5) is 0. The molecule has 11 heavy (non-hydrogen) atoms. The van der Waals surface area contributed by atoms with Crippen LogP contribution in [0.3, 0.4) is 0 Å². The quantitative estimate of drug-likeness (QED) is 0.519. The van der Waals surface area contributed by atoms with Gasteiger partial charge in [0, 0.05) is 6.07 Å². The number of rotatable bonds is 0. The highest BCUT2D eigenvalue weighted by Gasteiger charge is 2.13. The molecule has 0 amide bonds. The van der Waals surface area contributed by atoms with Gasteiger partial charge < -0.3 is 5.11 Å². The fourth-order valence-electron chi connectivity index (χ4n) is 0.560. The molecule has 5 heteroatoms. The third kappa shape index (κ3) is 1.53. The molecule has 1 aromatic rings. The van der Waals surface area contributed by atoms with Crippen molar-refractivity contribution in [3.63, 3.8) is 0 Å². The molecule has 0 aliphatic heterocycles. The molecule has 0 saturated heterocycles. The number of hydrogen-bond donors (Lipinski definition) is 1. The van der Waals surface area contributed by atoms with Crippen molar-refractivity contribution in [2.45, 2.75) is 0 Å². The second-order valence-electron chi connectivity index (χ2n) is 1.82. The Balaban J connectivity index is 3.46. The highest BCUT2D eigenvalue weighted by atomic mass is 35.5. The second kappa shape index (κ2) is 3.05. The zero-order chi connectivity index (χ0) is 8.59. The van der Waals surface area contributed by atoms with Crippen LogP contribution in [0.25, 0.3) is 0 Å². The van der Waals surface area contributed by atoms with Gasteiger partial charge in [-0.3, -0.25) is 0 Å². The molecule has 1 aromatic carbocycles. The number of benzene rings is 1. The molecule has 0 bridgehead atoms. The highest BCUT2D eigenvalue weighted by Crippen LogP contribution is 2.36. The van der Waals surface area contributed by atoms with Crippen molar-refractivity contribution in [1.29, 1.82) is 0 Å². The van der Waals surface area contributed by atoms with Gasteiger partial charge in [-0.1, -0.05) is 34.8 Å². The van der Waals surface area contributed by atoms with E-state index in [1.807, 2.05) is 0 Å². The Morgan fingerprint density at radius 1 is 1.18 bits per heavy atom. The molecule has 1 rings (SSSR count). The Kier molecular flexibility index (Phi) is 2.47. The molecule has 0 radical (unpaired) electrons. The molecule has 1 N–H and O–H groups in total. The summed E-state index contributed by atoms with van der Waals surface area (Å²) in [6.45, 7) is 0. The Morgan fingerprint density at radius 3 is 2.27 bits per heavy atom. The fourth-order valence-corrected chi connectivity index (χ4v) is 1.14. The number of hydrogen-bond acceptors (Lipinski definition) is 1. The lowest BCUT2D eigenvalue weighted by Crippen LogP contribution is -1.80. The Labute approximate surface area is 77.3 Å². The zero-order valence-corrected chi connectivity index (χ0v) is 7.30. The molecule has 0 heterocycles. The van der Waals surface area contributed by atoms with Crippen LogP contribution in [0.1, 0.15) is 0 Å². The predicted octanol–water partition coefficient (Wildman–Crippen LogP) is 3.49. The van der Waals surface area contributed by atoms with Crippen LogP contribution in [0.2, 0.25) is 15.1 Å². The van der Waals surface area contributed by atoms with Gasteiger partial charge >= 0.3 is 0 Å². The summed E-state index contributed by atoms with van der Waals surface area (Å²) in [5, 5.41) is 8.37. The summed E-state index contributed by atoms with van der Waals surface area (Å²) >= 11 is 16.2. The van der Waals surface area contributed by atoms with Crippen molar-refractivity contribution in [2.24, 2.45) is 0 Å². The summed E-state index contributed by atoms with van der Waals surface area (Å²) in [7, 11) is 0. The third-order valence-corrected chi connectivity index (χ3v) is 2.32. The van der Waals surface area contributed by atoms with Crippen LogP contribution in [0.4, 0.5) is 4.39 Å². The van der Waals surface area contributed by atoms with Crippen molar-refractivity contribution < 1.29 is 9.50 Å². The van der Waals surface area contributed by atoms with Crippen LogP contribution < -0.4 is 0 Å². The molecule has 0 aliphatic rings. The maximum Gasteiger partial charge on any atom is 0.184 e. The Morgan fingerprint density at radius 2 is 1.73 bits per heavy atom. The molecule has 60 valence electrons. The van der Waals surface area contributed by atoms with E-state index in [1.165, 1.54) is 0 Å². The molecule has 0 spiro atoms. The van der Waals surface area contributed by atoms with E-state index < -0.39 is 11.6 Å².